The molecular weight excluding hydrogens is 278 g/mol. The number of likely N-dealkylation sites (tertiary alicyclic amines) is 1. The lowest BCUT2D eigenvalue weighted by Crippen LogP contribution is -2.54. The van der Waals surface area contributed by atoms with Gasteiger partial charge in [0.25, 0.3) is 0 Å². The molecule has 1 amide bonds. The average molecular weight is 311 g/mol. The normalized spacial score (nSPS) is 25.6. The van der Waals surface area contributed by atoms with Gasteiger partial charge in [0.2, 0.25) is 5.91 Å². The first-order valence-corrected chi connectivity index (χ1v) is 8.84. The third-order valence-electron chi connectivity index (χ3n) is 5.32. The van der Waals surface area contributed by atoms with E-state index < -0.39 is 0 Å². The lowest BCUT2D eigenvalue weighted by Gasteiger charge is -2.43. The number of piperidine rings is 1. The fourth-order valence-corrected chi connectivity index (χ4v) is 3.81. The number of piperazine rings is 1. The Labute approximate surface area is 135 Å². The summed E-state index contributed by atoms with van der Waals surface area (Å²) < 4.78 is 5.23. The lowest BCUT2D eigenvalue weighted by molar-refractivity contribution is -0.130. The molecule has 1 atom stereocenters. The Hall–Kier alpha value is -0.650. The van der Waals surface area contributed by atoms with Gasteiger partial charge in [-0.2, -0.15) is 0 Å². The molecule has 0 saturated carbocycles. The maximum atomic E-state index is 11.4. The van der Waals surface area contributed by atoms with E-state index in [2.05, 4.69) is 16.7 Å². The van der Waals surface area contributed by atoms with Crippen LogP contribution in [0.1, 0.15) is 33.1 Å². The van der Waals surface area contributed by atoms with Crippen molar-refractivity contribution in [2.75, 3.05) is 59.5 Å². The highest BCUT2D eigenvalue weighted by atomic mass is 16.5. The van der Waals surface area contributed by atoms with E-state index in [0.717, 1.165) is 38.7 Å². The van der Waals surface area contributed by atoms with Gasteiger partial charge in [-0.05, 0) is 25.2 Å². The predicted molar refractivity (Wildman–Crippen MR) is 88.9 cm³/mol. The fourth-order valence-electron chi connectivity index (χ4n) is 3.81. The van der Waals surface area contributed by atoms with E-state index in [9.17, 15) is 4.79 Å². The maximum Gasteiger partial charge on any atom is 0.219 e. The molecule has 0 unspecified atom stereocenters. The van der Waals surface area contributed by atoms with Crippen molar-refractivity contribution < 1.29 is 9.53 Å². The van der Waals surface area contributed by atoms with E-state index in [4.69, 9.17) is 4.74 Å². The van der Waals surface area contributed by atoms with Crippen molar-refractivity contribution in [3.63, 3.8) is 0 Å². The van der Waals surface area contributed by atoms with Crippen LogP contribution in [-0.4, -0.2) is 86.2 Å². The summed E-state index contributed by atoms with van der Waals surface area (Å²) >= 11 is 0. The first-order valence-electron chi connectivity index (χ1n) is 8.84. The van der Waals surface area contributed by atoms with Crippen LogP contribution in [0.5, 0.6) is 0 Å². The van der Waals surface area contributed by atoms with Crippen LogP contribution in [0, 0.1) is 5.92 Å². The number of ether oxygens (including phenoxy) is 1. The molecule has 128 valence electrons. The standard InChI is InChI=1S/C17H33N3O2/c1-4-17-14-18(9-10-20(17)11-12-22-3)13-16-5-7-19(8-6-16)15(2)21/h16-17H,4-14H2,1-3H3/t17-/m1/s1. The number of hydrogen-bond donors (Lipinski definition) is 0. The van der Waals surface area contributed by atoms with Crippen LogP contribution in [0.25, 0.3) is 0 Å². The minimum Gasteiger partial charge on any atom is -0.383 e. The molecule has 2 saturated heterocycles. The van der Waals surface area contributed by atoms with Gasteiger partial charge in [-0.15, -0.1) is 0 Å². The van der Waals surface area contributed by atoms with Crippen LogP contribution >= 0.6 is 0 Å². The van der Waals surface area contributed by atoms with E-state index in [1.165, 1.54) is 38.9 Å². The summed E-state index contributed by atoms with van der Waals surface area (Å²) in [5.74, 6) is 0.995. The van der Waals surface area contributed by atoms with Gasteiger partial charge in [0, 0.05) is 65.9 Å². The van der Waals surface area contributed by atoms with Crippen LogP contribution in [-0.2, 0) is 9.53 Å². The van der Waals surface area contributed by atoms with E-state index in [0.29, 0.717) is 6.04 Å². The molecule has 5 nitrogen and oxygen atoms in total. The molecule has 0 aromatic carbocycles. The molecule has 5 heteroatoms. The molecule has 0 aromatic rings. The Kier molecular flexibility index (Phi) is 7.12. The van der Waals surface area contributed by atoms with E-state index in [1.807, 2.05) is 4.90 Å². The topological polar surface area (TPSA) is 36.0 Å². The first kappa shape index (κ1) is 17.7. The van der Waals surface area contributed by atoms with Crippen molar-refractivity contribution in [2.45, 2.75) is 39.2 Å². The van der Waals surface area contributed by atoms with Crippen LogP contribution < -0.4 is 0 Å². The molecule has 2 heterocycles. The lowest BCUT2D eigenvalue weighted by atomic mass is 9.95. The molecule has 0 radical (unpaired) electrons. The van der Waals surface area contributed by atoms with Crippen molar-refractivity contribution in [3.05, 3.63) is 0 Å². The average Bonchev–Trinajstić information content (AvgIpc) is 2.54. The third kappa shape index (κ3) is 4.93. The zero-order chi connectivity index (χ0) is 15.9. The highest BCUT2D eigenvalue weighted by molar-refractivity contribution is 5.73. The van der Waals surface area contributed by atoms with E-state index in [-0.39, 0.29) is 5.91 Å². The zero-order valence-electron chi connectivity index (χ0n) is 14.6. The van der Waals surface area contributed by atoms with Gasteiger partial charge in [-0.25, -0.2) is 0 Å². The minimum absolute atomic E-state index is 0.233. The minimum atomic E-state index is 0.233. The summed E-state index contributed by atoms with van der Waals surface area (Å²) in [6.45, 7) is 12.5. The summed E-state index contributed by atoms with van der Waals surface area (Å²) in [7, 11) is 1.78. The molecule has 2 aliphatic heterocycles. The summed E-state index contributed by atoms with van der Waals surface area (Å²) in [6, 6.07) is 0.668. The molecule has 0 spiro atoms. The Bertz CT molecular complexity index is 343. The fraction of sp³-hybridized carbons (Fsp3) is 0.941. The Morgan fingerprint density at radius 1 is 1.18 bits per heavy atom. The summed E-state index contributed by atoms with van der Waals surface area (Å²) in [5, 5.41) is 0. The molecule has 0 bridgehead atoms. The number of rotatable bonds is 6. The first-order chi connectivity index (χ1) is 10.6. The Morgan fingerprint density at radius 2 is 1.91 bits per heavy atom. The second kappa shape index (κ2) is 8.85. The van der Waals surface area contributed by atoms with Crippen LogP contribution in [0.4, 0.5) is 0 Å². The van der Waals surface area contributed by atoms with Gasteiger partial charge >= 0.3 is 0 Å². The van der Waals surface area contributed by atoms with Crippen molar-refractivity contribution >= 4 is 5.91 Å². The largest absolute Gasteiger partial charge is 0.383 e. The van der Waals surface area contributed by atoms with Gasteiger partial charge in [-0.3, -0.25) is 9.69 Å². The zero-order valence-corrected chi connectivity index (χ0v) is 14.6. The van der Waals surface area contributed by atoms with E-state index in [1.54, 1.807) is 14.0 Å². The Balaban J connectivity index is 1.74. The number of methoxy groups -OCH3 is 1. The van der Waals surface area contributed by atoms with Gasteiger partial charge in [0.1, 0.15) is 0 Å². The van der Waals surface area contributed by atoms with Gasteiger partial charge < -0.3 is 14.5 Å². The van der Waals surface area contributed by atoms with Crippen LogP contribution in [0.2, 0.25) is 0 Å². The van der Waals surface area contributed by atoms with Crippen molar-refractivity contribution in [2.24, 2.45) is 5.92 Å². The highest BCUT2D eigenvalue weighted by Gasteiger charge is 2.28. The molecule has 0 aromatic heterocycles. The Morgan fingerprint density at radius 3 is 2.50 bits per heavy atom. The van der Waals surface area contributed by atoms with Crippen molar-refractivity contribution in [1.82, 2.24) is 14.7 Å². The summed E-state index contributed by atoms with van der Waals surface area (Å²) in [6.07, 6.45) is 3.55. The summed E-state index contributed by atoms with van der Waals surface area (Å²) in [5.41, 5.74) is 0. The van der Waals surface area contributed by atoms with Gasteiger partial charge in [0.15, 0.2) is 0 Å². The van der Waals surface area contributed by atoms with Crippen molar-refractivity contribution in [3.8, 4) is 0 Å². The van der Waals surface area contributed by atoms with Crippen LogP contribution in [0.15, 0.2) is 0 Å². The molecule has 22 heavy (non-hydrogen) atoms. The highest BCUT2D eigenvalue weighted by Crippen LogP contribution is 2.21. The second-order valence-electron chi connectivity index (χ2n) is 6.80. The molecular formula is C17H33N3O2. The predicted octanol–water partition coefficient (Wildman–Crippen LogP) is 1.29. The maximum absolute atomic E-state index is 11.4. The third-order valence-corrected chi connectivity index (χ3v) is 5.32. The number of nitrogens with zero attached hydrogens (tertiary/aromatic N) is 3. The van der Waals surface area contributed by atoms with Gasteiger partial charge in [0.05, 0.1) is 6.61 Å². The second-order valence-corrected chi connectivity index (χ2v) is 6.80. The number of amides is 1. The number of carbonyl (C=O) groups excluding carboxylic acids is 1. The molecule has 2 rings (SSSR count). The molecule has 0 N–H and O–H groups in total. The molecule has 2 fully saturated rings. The van der Waals surface area contributed by atoms with Crippen molar-refractivity contribution in [1.29, 1.82) is 0 Å². The molecule has 2 aliphatic rings. The summed E-state index contributed by atoms with van der Waals surface area (Å²) in [4.78, 5) is 18.6. The number of carbonyl (C=O) groups is 1. The van der Waals surface area contributed by atoms with Gasteiger partial charge in [-0.1, -0.05) is 6.92 Å². The quantitative estimate of drug-likeness (QED) is 0.740. The SMILES string of the molecule is CC[C@@H]1CN(CC2CCN(C(C)=O)CC2)CCN1CCOC. The molecule has 0 aliphatic carbocycles. The van der Waals surface area contributed by atoms with Crippen LogP contribution in [0.3, 0.4) is 0 Å². The smallest absolute Gasteiger partial charge is 0.219 e. The monoisotopic (exact) mass is 311 g/mol. The number of hydrogen-bond acceptors (Lipinski definition) is 4. The van der Waals surface area contributed by atoms with E-state index >= 15 is 0 Å².